The molecule has 0 aliphatic carbocycles. The van der Waals surface area contributed by atoms with Crippen LogP contribution in [-0.2, 0) is 4.74 Å². The van der Waals surface area contributed by atoms with Gasteiger partial charge in [-0.3, -0.25) is 0 Å². The molecule has 0 amide bonds. The minimum Gasteiger partial charge on any atom is -0.497 e. The first-order valence-electron chi connectivity index (χ1n) is 6.52. The number of rotatable bonds is 4. The Balaban J connectivity index is 1.82. The van der Waals surface area contributed by atoms with Crippen molar-refractivity contribution in [2.24, 2.45) is 0 Å². The Morgan fingerprint density at radius 2 is 2.16 bits per heavy atom. The molecule has 2 rings (SSSR count). The summed E-state index contributed by atoms with van der Waals surface area (Å²) in [6.45, 7) is 2.95. The summed E-state index contributed by atoms with van der Waals surface area (Å²) in [4.78, 5) is 0. The molecule has 0 radical (unpaired) electrons. The Bertz CT molecular complexity index is 416. The predicted octanol–water partition coefficient (Wildman–Crippen LogP) is 2.55. The minimum atomic E-state index is 0.223. The van der Waals surface area contributed by atoms with Gasteiger partial charge in [-0.2, -0.15) is 0 Å². The second-order valence-corrected chi connectivity index (χ2v) is 5.08. The van der Waals surface area contributed by atoms with Crippen LogP contribution in [0.3, 0.4) is 0 Å². The number of thiocarbonyl (C=S) groups is 1. The van der Waals surface area contributed by atoms with Crippen LogP contribution in [0.2, 0.25) is 0 Å². The van der Waals surface area contributed by atoms with Crippen LogP contribution in [-0.4, -0.2) is 31.0 Å². The van der Waals surface area contributed by atoms with Gasteiger partial charge in [0.1, 0.15) is 5.75 Å². The lowest BCUT2D eigenvalue weighted by Gasteiger charge is -2.22. The molecule has 0 spiro atoms. The van der Waals surface area contributed by atoms with E-state index in [4.69, 9.17) is 21.7 Å². The lowest BCUT2D eigenvalue weighted by molar-refractivity contribution is 0.0895. The molecule has 2 N–H and O–H groups in total. The van der Waals surface area contributed by atoms with Gasteiger partial charge >= 0.3 is 0 Å². The third kappa shape index (κ3) is 4.08. The first-order valence-corrected chi connectivity index (χ1v) is 6.93. The van der Waals surface area contributed by atoms with E-state index in [1.54, 1.807) is 7.11 Å². The summed E-state index contributed by atoms with van der Waals surface area (Å²) in [5.74, 6) is 0.831. The van der Waals surface area contributed by atoms with Crippen molar-refractivity contribution in [3.63, 3.8) is 0 Å². The second kappa shape index (κ2) is 6.73. The van der Waals surface area contributed by atoms with Crippen LogP contribution < -0.4 is 15.4 Å². The number of ether oxygens (including phenoxy) is 2. The Labute approximate surface area is 119 Å². The molecule has 0 bridgehead atoms. The van der Waals surface area contributed by atoms with E-state index in [1.807, 2.05) is 24.3 Å². The first-order chi connectivity index (χ1) is 9.19. The van der Waals surface area contributed by atoms with Crippen molar-refractivity contribution >= 4 is 23.0 Å². The third-order valence-corrected chi connectivity index (χ3v) is 3.45. The molecule has 1 saturated heterocycles. The quantitative estimate of drug-likeness (QED) is 0.830. The average Bonchev–Trinajstić information content (AvgIpc) is 2.93. The smallest absolute Gasteiger partial charge is 0.171 e. The molecule has 1 fully saturated rings. The second-order valence-electron chi connectivity index (χ2n) is 4.67. The van der Waals surface area contributed by atoms with Crippen molar-refractivity contribution in [2.75, 3.05) is 19.0 Å². The highest BCUT2D eigenvalue weighted by molar-refractivity contribution is 7.80. The number of anilines is 1. The van der Waals surface area contributed by atoms with Crippen LogP contribution in [0.1, 0.15) is 19.8 Å². The Morgan fingerprint density at radius 1 is 1.42 bits per heavy atom. The highest BCUT2D eigenvalue weighted by atomic mass is 32.1. The molecular weight excluding hydrogens is 260 g/mol. The topological polar surface area (TPSA) is 42.5 Å². The summed E-state index contributed by atoms with van der Waals surface area (Å²) in [6.07, 6.45) is 2.49. The van der Waals surface area contributed by atoms with Crippen molar-refractivity contribution in [3.05, 3.63) is 24.3 Å². The van der Waals surface area contributed by atoms with E-state index < -0.39 is 0 Å². The van der Waals surface area contributed by atoms with E-state index >= 15 is 0 Å². The lowest BCUT2D eigenvalue weighted by atomic mass is 10.1. The average molecular weight is 280 g/mol. The zero-order valence-corrected chi connectivity index (χ0v) is 12.1. The Morgan fingerprint density at radius 3 is 2.74 bits per heavy atom. The highest BCUT2D eigenvalue weighted by Gasteiger charge is 2.22. The highest BCUT2D eigenvalue weighted by Crippen LogP contribution is 2.17. The fourth-order valence-electron chi connectivity index (χ4n) is 2.14. The summed E-state index contributed by atoms with van der Waals surface area (Å²) in [5.41, 5.74) is 0.942. The van der Waals surface area contributed by atoms with E-state index in [0.29, 0.717) is 5.11 Å². The van der Waals surface area contributed by atoms with E-state index in [-0.39, 0.29) is 12.1 Å². The van der Waals surface area contributed by atoms with Crippen LogP contribution >= 0.6 is 12.2 Å². The standard InChI is InChI=1S/C14H20N2O2S/c1-10(13-4-3-9-18-13)15-14(19)16-11-5-7-12(17-2)8-6-11/h5-8,10,13H,3-4,9H2,1-2H3,(H2,15,16,19). The normalized spacial score (nSPS) is 19.8. The van der Waals surface area contributed by atoms with Crippen LogP contribution in [0, 0.1) is 0 Å². The first kappa shape index (κ1) is 14.1. The van der Waals surface area contributed by atoms with Gasteiger partial charge in [0.2, 0.25) is 0 Å². The maximum atomic E-state index is 5.63. The van der Waals surface area contributed by atoms with Crippen LogP contribution in [0.15, 0.2) is 24.3 Å². The summed E-state index contributed by atoms with van der Waals surface area (Å²) in [5, 5.41) is 7.04. The van der Waals surface area contributed by atoms with Gasteiger partial charge in [-0.1, -0.05) is 0 Å². The SMILES string of the molecule is COc1ccc(NC(=S)NC(C)C2CCCO2)cc1. The van der Waals surface area contributed by atoms with Crippen molar-refractivity contribution < 1.29 is 9.47 Å². The molecule has 0 saturated carbocycles. The molecular formula is C14H20N2O2S. The molecule has 19 heavy (non-hydrogen) atoms. The molecule has 5 heteroatoms. The number of hydrogen-bond acceptors (Lipinski definition) is 3. The molecule has 0 aromatic heterocycles. The summed E-state index contributed by atoms with van der Waals surface area (Å²) in [7, 11) is 1.65. The van der Waals surface area contributed by atoms with Crippen molar-refractivity contribution in [3.8, 4) is 5.75 Å². The van der Waals surface area contributed by atoms with Crippen molar-refractivity contribution in [1.29, 1.82) is 0 Å². The fraction of sp³-hybridized carbons (Fsp3) is 0.500. The Kier molecular flexibility index (Phi) is 4.99. The molecule has 1 aliphatic rings. The van der Waals surface area contributed by atoms with Gasteiger partial charge in [0.15, 0.2) is 5.11 Å². The lowest BCUT2D eigenvalue weighted by Crippen LogP contribution is -2.42. The summed E-state index contributed by atoms with van der Waals surface area (Å²) < 4.78 is 10.7. The van der Waals surface area contributed by atoms with Crippen LogP contribution in [0.5, 0.6) is 5.75 Å². The number of benzene rings is 1. The predicted molar refractivity (Wildman–Crippen MR) is 80.8 cm³/mol. The number of hydrogen-bond donors (Lipinski definition) is 2. The largest absolute Gasteiger partial charge is 0.497 e. The van der Waals surface area contributed by atoms with Crippen LogP contribution in [0.4, 0.5) is 5.69 Å². The minimum absolute atomic E-state index is 0.223. The van der Waals surface area contributed by atoms with E-state index in [2.05, 4.69) is 17.6 Å². The molecule has 2 unspecified atom stereocenters. The Hall–Kier alpha value is -1.33. The molecule has 104 valence electrons. The van der Waals surface area contributed by atoms with E-state index in [1.165, 1.54) is 0 Å². The maximum Gasteiger partial charge on any atom is 0.171 e. The zero-order valence-electron chi connectivity index (χ0n) is 11.3. The summed E-state index contributed by atoms with van der Waals surface area (Å²) in [6, 6.07) is 7.89. The fourth-order valence-corrected chi connectivity index (χ4v) is 2.44. The molecule has 2 atom stereocenters. The summed E-state index contributed by atoms with van der Waals surface area (Å²) >= 11 is 5.30. The van der Waals surface area contributed by atoms with Crippen LogP contribution in [0.25, 0.3) is 0 Å². The van der Waals surface area contributed by atoms with Gasteiger partial charge < -0.3 is 20.1 Å². The molecule has 1 heterocycles. The van der Waals surface area contributed by atoms with Gasteiger partial charge in [0, 0.05) is 12.3 Å². The van der Waals surface area contributed by atoms with Gasteiger partial charge in [0.25, 0.3) is 0 Å². The molecule has 1 aromatic rings. The van der Waals surface area contributed by atoms with E-state index in [0.717, 1.165) is 30.9 Å². The molecule has 1 aromatic carbocycles. The maximum absolute atomic E-state index is 5.63. The monoisotopic (exact) mass is 280 g/mol. The number of nitrogens with one attached hydrogen (secondary N) is 2. The molecule has 4 nitrogen and oxygen atoms in total. The van der Waals surface area contributed by atoms with Gasteiger partial charge in [0.05, 0.1) is 19.3 Å². The van der Waals surface area contributed by atoms with Gasteiger partial charge in [-0.15, -0.1) is 0 Å². The molecule has 1 aliphatic heterocycles. The zero-order chi connectivity index (χ0) is 13.7. The van der Waals surface area contributed by atoms with Gasteiger partial charge in [-0.25, -0.2) is 0 Å². The number of methoxy groups -OCH3 is 1. The van der Waals surface area contributed by atoms with Crippen molar-refractivity contribution in [1.82, 2.24) is 5.32 Å². The van der Waals surface area contributed by atoms with Crippen molar-refractivity contribution in [2.45, 2.75) is 31.9 Å². The van der Waals surface area contributed by atoms with E-state index in [9.17, 15) is 0 Å². The third-order valence-electron chi connectivity index (χ3n) is 3.23. The van der Waals surface area contributed by atoms with Gasteiger partial charge in [-0.05, 0) is 56.2 Å².